The Balaban J connectivity index is 1.52. The molecular weight excluding hydrogens is 388 g/mol. The van der Waals surface area contributed by atoms with Crippen LogP contribution < -0.4 is 15.4 Å². The van der Waals surface area contributed by atoms with Crippen LogP contribution in [0.1, 0.15) is 6.42 Å². The Kier molecular flexibility index (Phi) is 7.67. The van der Waals surface area contributed by atoms with E-state index in [-0.39, 0.29) is 18.9 Å². The third-order valence-corrected chi connectivity index (χ3v) is 5.32. The van der Waals surface area contributed by atoms with E-state index in [2.05, 4.69) is 15.5 Å². The number of aliphatic hydroxyl groups is 1. The predicted molar refractivity (Wildman–Crippen MR) is 113 cm³/mol. The normalized spacial score (nSPS) is 24.4. The minimum atomic E-state index is -0.628. The lowest BCUT2D eigenvalue weighted by Crippen LogP contribution is -2.51. The average molecular weight is 418 g/mol. The summed E-state index contributed by atoms with van der Waals surface area (Å²) in [5.41, 5.74) is 0.587. The molecule has 3 atom stereocenters. The Morgan fingerprint density at radius 1 is 1.23 bits per heavy atom. The quantitative estimate of drug-likeness (QED) is 0.587. The molecule has 0 bridgehead atoms. The van der Waals surface area contributed by atoms with E-state index in [4.69, 9.17) is 9.47 Å². The Morgan fingerprint density at radius 3 is 2.70 bits per heavy atom. The molecule has 0 saturated carbocycles. The molecule has 30 heavy (non-hydrogen) atoms. The van der Waals surface area contributed by atoms with Gasteiger partial charge in [0.15, 0.2) is 0 Å². The molecule has 9 nitrogen and oxygen atoms in total. The molecule has 0 unspecified atom stereocenters. The largest absolute Gasteiger partial charge is 0.497 e. The van der Waals surface area contributed by atoms with Gasteiger partial charge in [0.25, 0.3) is 0 Å². The summed E-state index contributed by atoms with van der Waals surface area (Å²) >= 11 is 0. The molecule has 1 aromatic carbocycles. The first-order valence-corrected chi connectivity index (χ1v) is 10.1. The fourth-order valence-corrected chi connectivity index (χ4v) is 3.51. The molecule has 2 aliphatic rings. The molecule has 9 heteroatoms. The second-order valence-electron chi connectivity index (χ2n) is 7.52. The molecule has 0 aliphatic carbocycles. The minimum Gasteiger partial charge on any atom is -0.497 e. The van der Waals surface area contributed by atoms with Crippen LogP contribution >= 0.6 is 0 Å². The number of rotatable bonds is 6. The van der Waals surface area contributed by atoms with Crippen molar-refractivity contribution in [2.24, 2.45) is 0 Å². The fourth-order valence-electron chi connectivity index (χ4n) is 3.51. The molecule has 3 rings (SSSR count). The smallest absolute Gasteiger partial charge is 0.319 e. The van der Waals surface area contributed by atoms with Crippen molar-refractivity contribution in [1.82, 2.24) is 15.1 Å². The number of benzene rings is 1. The van der Waals surface area contributed by atoms with Crippen LogP contribution in [0.4, 0.5) is 10.5 Å². The Labute approximate surface area is 176 Å². The zero-order valence-electron chi connectivity index (χ0n) is 17.4. The van der Waals surface area contributed by atoms with Crippen molar-refractivity contribution in [2.45, 2.75) is 24.7 Å². The second kappa shape index (κ2) is 10.4. The van der Waals surface area contributed by atoms with Gasteiger partial charge in [0.1, 0.15) is 11.9 Å². The average Bonchev–Trinajstić information content (AvgIpc) is 2.75. The van der Waals surface area contributed by atoms with Crippen molar-refractivity contribution in [2.75, 3.05) is 52.3 Å². The molecule has 1 fully saturated rings. The van der Waals surface area contributed by atoms with Gasteiger partial charge in [0, 0.05) is 37.9 Å². The lowest BCUT2D eigenvalue weighted by atomic mass is 10.0. The van der Waals surface area contributed by atoms with E-state index in [1.54, 1.807) is 43.5 Å². The van der Waals surface area contributed by atoms with Gasteiger partial charge in [0.2, 0.25) is 5.91 Å². The summed E-state index contributed by atoms with van der Waals surface area (Å²) in [5.74, 6) is 0.673. The maximum Gasteiger partial charge on any atom is 0.319 e. The van der Waals surface area contributed by atoms with Gasteiger partial charge in [-0.25, -0.2) is 4.79 Å². The van der Waals surface area contributed by atoms with Crippen molar-refractivity contribution in [3.05, 3.63) is 36.4 Å². The molecule has 3 N–H and O–H groups in total. The third kappa shape index (κ3) is 5.94. The highest BCUT2D eigenvalue weighted by molar-refractivity contribution is 5.89. The molecular formula is C21H30N4O5. The van der Waals surface area contributed by atoms with E-state index < -0.39 is 24.3 Å². The molecule has 0 radical (unpaired) electrons. The highest BCUT2D eigenvalue weighted by Crippen LogP contribution is 2.19. The van der Waals surface area contributed by atoms with Crippen molar-refractivity contribution in [3.63, 3.8) is 0 Å². The Bertz CT molecular complexity index is 764. The maximum atomic E-state index is 12.5. The molecule has 1 saturated heterocycles. The van der Waals surface area contributed by atoms with Gasteiger partial charge < -0.3 is 35.0 Å². The summed E-state index contributed by atoms with van der Waals surface area (Å²) < 4.78 is 11.0. The van der Waals surface area contributed by atoms with Crippen molar-refractivity contribution >= 4 is 17.6 Å². The van der Waals surface area contributed by atoms with Crippen molar-refractivity contribution in [1.29, 1.82) is 0 Å². The summed E-state index contributed by atoms with van der Waals surface area (Å²) in [5, 5.41) is 15.2. The predicted octanol–water partition coefficient (Wildman–Crippen LogP) is 0.665. The van der Waals surface area contributed by atoms with Gasteiger partial charge >= 0.3 is 6.03 Å². The van der Waals surface area contributed by atoms with Crippen LogP contribution in [0, 0.1) is 0 Å². The number of piperazine rings is 1. The number of carbonyl (C=O) groups is 2. The van der Waals surface area contributed by atoms with E-state index >= 15 is 0 Å². The lowest BCUT2D eigenvalue weighted by Gasteiger charge is -2.35. The number of urea groups is 1. The van der Waals surface area contributed by atoms with Crippen molar-refractivity contribution in [3.8, 4) is 5.75 Å². The third-order valence-electron chi connectivity index (χ3n) is 5.32. The summed E-state index contributed by atoms with van der Waals surface area (Å²) in [6.07, 6.45) is 2.72. The molecule has 1 aromatic rings. The fraction of sp³-hybridized carbons (Fsp3) is 0.524. The Hall–Kier alpha value is -2.62. The van der Waals surface area contributed by atoms with Crippen LogP contribution in [0.5, 0.6) is 5.75 Å². The van der Waals surface area contributed by atoms with Crippen molar-refractivity contribution < 1.29 is 24.2 Å². The number of hydrogen-bond acceptors (Lipinski definition) is 6. The number of likely N-dealkylation sites (N-methyl/N-ethyl adjacent to an activating group) is 1. The Morgan fingerprint density at radius 2 is 2.00 bits per heavy atom. The summed E-state index contributed by atoms with van der Waals surface area (Å²) in [6, 6.07) is 6.08. The summed E-state index contributed by atoms with van der Waals surface area (Å²) in [4.78, 5) is 28.9. The van der Waals surface area contributed by atoms with Gasteiger partial charge in [-0.3, -0.25) is 4.79 Å². The van der Waals surface area contributed by atoms with Crippen LogP contribution in [-0.2, 0) is 9.53 Å². The van der Waals surface area contributed by atoms with E-state index in [1.807, 2.05) is 11.9 Å². The van der Waals surface area contributed by atoms with Gasteiger partial charge in [-0.05, 0) is 19.2 Å². The molecule has 3 amide bonds. The number of ether oxygens (including phenoxy) is 2. The summed E-state index contributed by atoms with van der Waals surface area (Å²) in [6.45, 7) is 2.88. The standard InChI is InChI=1S/C21H30N4O5/c1-24-8-10-25(11-9-24)20(27)13-17-6-7-18(19(14-26)30-17)23-21(28)22-15-4-3-5-16(12-15)29-2/h3-7,12,17-19,26H,8-11,13-14H2,1-2H3,(H2,22,23,28)/t17-,18-,19+/m1/s1. The number of nitrogens with one attached hydrogen (secondary N) is 2. The van der Waals surface area contributed by atoms with E-state index in [1.165, 1.54) is 0 Å². The number of aliphatic hydroxyl groups excluding tert-OH is 1. The summed E-state index contributed by atoms with van der Waals surface area (Å²) in [7, 11) is 3.60. The minimum absolute atomic E-state index is 0.0385. The molecule has 0 spiro atoms. The van der Waals surface area contributed by atoms with Gasteiger partial charge in [-0.1, -0.05) is 18.2 Å². The first-order valence-electron chi connectivity index (χ1n) is 10.1. The van der Waals surface area contributed by atoms with E-state index in [0.717, 1.165) is 13.1 Å². The maximum absolute atomic E-state index is 12.5. The first kappa shape index (κ1) is 22.1. The van der Waals surface area contributed by atoms with Gasteiger partial charge in [-0.15, -0.1) is 0 Å². The van der Waals surface area contributed by atoms with Gasteiger partial charge in [0.05, 0.1) is 32.3 Å². The van der Waals surface area contributed by atoms with Crippen LogP contribution in [0.2, 0.25) is 0 Å². The van der Waals surface area contributed by atoms with Gasteiger partial charge in [-0.2, -0.15) is 0 Å². The lowest BCUT2D eigenvalue weighted by molar-refractivity contribution is -0.137. The number of carbonyl (C=O) groups excluding carboxylic acids is 2. The highest BCUT2D eigenvalue weighted by Gasteiger charge is 2.30. The number of amides is 3. The van der Waals surface area contributed by atoms with Crippen LogP contribution in [0.15, 0.2) is 36.4 Å². The topological polar surface area (TPSA) is 103 Å². The van der Waals surface area contributed by atoms with E-state index in [9.17, 15) is 14.7 Å². The highest BCUT2D eigenvalue weighted by atomic mass is 16.5. The number of methoxy groups -OCH3 is 1. The zero-order chi connectivity index (χ0) is 21.5. The number of hydrogen-bond donors (Lipinski definition) is 3. The molecule has 0 aromatic heterocycles. The molecule has 164 valence electrons. The zero-order valence-corrected chi connectivity index (χ0v) is 17.4. The first-order chi connectivity index (χ1) is 14.5. The molecule has 2 heterocycles. The van der Waals surface area contributed by atoms with Crippen LogP contribution in [-0.4, -0.2) is 92.0 Å². The number of anilines is 1. The van der Waals surface area contributed by atoms with Crippen LogP contribution in [0.25, 0.3) is 0 Å². The van der Waals surface area contributed by atoms with Crippen LogP contribution in [0.3, 0.4) is 0 Å². The number of nitrogens with zero attached hydrogens (tertiary/aromatic N) is 2. The molecule has 2 aliphatic heterocycles. The van der Waals surface area contributed by atoms with E-state index in [0.29, 0.717) is 24.5 Å². The second-order valence-corrected chi connectivity index (χ2v) is 7.52. The monoisotopic (exact) mass is 418 g/mol. The SMILES string of the molecule is COc1cccc(NC(=O)N[C@@H]2C=C[C@H](CC(=O)N3CCN(C)CC3)O[C@H]2CO)c1.